The Labute approximate surface area is 173 Å². The van der Waals surface area contributed by atoms with Gasteiger partial charge in [-0.15, -0.1) is 11.3 Å². The van der Waals surface area contributed by atoms with Crippen LogP contribution in [-0.2, 0) is 5.41 Å². The number of nitrogens with zero attached hydrogens (tertiary/aromatic N) is 5. The van der Waals surface area contributed by atoms with Gasteiger partial charge in [-0.05, 0) is 30.9 Å². The van der Waals surface area contributed by atoms with Gasteiger partial charge in [0.1, 0.15) is 0 Å². The first kappa shape index (κ1) is 19.2. The van der Waals surface area contributed by atoms with Crippen LogP contribution in [0.5, 0.6) is 0 Å². The molecule has 0 saturated carbocycles. The predicted octanol–water partition coefficient (Wildman–Crippen LogP) is 4.50. The summed E-state index contributed by atoms with van der Waals surface area (Å²) < 4.78 is 5.54. The standard InChI is InChI=1S/C21H22N6OS/c1-12(2)21(4,19-26-17(28-27-19)18-25-13(3)11-29-18)16-7-5-14(6-8-16)15-9-23-20(22)24-10-15/h5-12H,1-4H3,(H2,22,23,24). The summed E-state index contributed by atoms with van der Waals surface area (Å²) in [5, 5.41) is 7.02. The summed E-state index contributed by atoms with van der Waals surface area (Å²) in [5.74, 6) is 1.62. The van der Waals surface area contributed by atoms with Gasteiger partial charge in [0.25, 0.3) is 5.89 Å². The highest BCUT2D eigenvalue weighted by molar-refractivity contribution is 7.13. The van der Waals surface area contributed by atoms with Gasteiger partial charge in [-0.3, -0.25) is 0 Å². The summed E-state index contributed by atoms with van der Waals surface area (Å²) in [6.07, 6.45) is 3.45. The molecule has 0 fully saturated rings. The topological polar surface area (TPSA) is 104 Å². The van der Waals surface area contributed by atoms with Gasteiger partial charge in [-0.25, -0.2) is 15.0 Å². The number of thiazole rings is 1. The van der Waals surface area contributed by atoms with Crippen LogP contribution < -0.4 is 5.73 Å². The molecular formula is C21H22N6OS. The Kier molecular flexibility index (Phi) is 4.87. The van der Waals surface area contributed by atoms with Gasteiger partial charge in [-0.1, -0.05) is 43.3 Å². The van der Waals surface area contributed by atoms with E-state index in [2.05, 4.69) is 65.1 Å². The minimum absolute atomic E-state index is 0.247. The minimum Gasteiger partial charge on any atom is -0.368 e. The highest BCUT2D eigenvalue weighted by atomic mass is 32.1. The highest BCUT2D eigenvalue weighted by Crippen LogP contribution is 2.39. The Morgan fingerprint density at radius 3 is 2.31 bits per heavy atom. The molecule has 0 spiro atoms. The monoisotopic (exact) mass is 406 g/mol. The number of aromatic nitrogens is 5. The normalized spacial score (nSPS) is 13.6. The third kappa shape index (κ3) is 3.51. The lowest BCUT2D eigenvalue weighted by Crippen LogP contribution is -2.31. The van der Waals surface area contributed by atoms with Crippen molar-refractivity contribution in [3.05, 3.63) is 59.1 Å². The van der Waals surface area contributed by atoms with Gasteiger partial charge in [0, 0.05) is 29.0 Å². The number of rotatable bonds is 5. The van der Waals surface area contributed by atoms with E-state index < -0.39 is 5.41 Å². The van der Waals surface area contributed by atoms with Crippen LogP contribution in [-0.4, -0.2) is 25.1 Å². The smallest absolute Gasteiger partial charge is 0.286 e. The minimum atomic E-state index is -0.412. The molecule has 4 rings (SSSR count). The fourth-order valence-corrected chi connectivity index (χ4v) is 3.91. The number of nitrogens with two attached hydrogens (primary N) is 1. The molecule has 2 N–H and O–H groups in total. The lowest BCUT2D eigenvalue weighted by atomic mass is 9.72. The molecule has 0 aliphatic heterocycles. The SMILES string of the molecule is Cc1csc(-c2nc(C(C)(c3ccc(-c4cnc(N)nc4)cc3)C(C)C)no2)n1. The van der Waals surface area contributed by atoms with Gasteiger partial charge in [0.15, 0.2) is 10.8 Å². The van der Waals surface area contributed by atoms with Crippen molar-refractivity contribution in [3.63, 3.8) is 0 Å². The van der Waals surface area contributed by atoms with E-state index in [0.717, 1.165) is 27.4 Å². The van der Waals surface area contributed by atoms with Gasteiger partial charge < -0.3 is 10.3 Å². The maximum absolute atomic E-state index is 5.58. The number of benzene rings is 1. The van der Waals surface area contributed by atoms with Crippen LogP contribution in [0.4, 0.5) is 5.95 Å². The van der Waals surface area contributed by atoms with Crippen LogP contribution in [0.3, 0.4) is 0 Å². The first-order valence-corrected chi connectivity index (χ1v) is 10.2. The van der Waals surface area contributed by atoms with E-state index >= 15 is 0 Å². The third-order valence-electron chi connectivity index (χ3n) is 5.34. The molecule has 3 aromatic heterocycles. The molecule has 0 amide bonds. The maximum atomic E-state index is 5.58. The second-order valence-electron chi connectivity index (χ2n) is 7.48. The number of hydrogen-bond acceptors (Lipinski definition) is 8. The molecule has 0 radical (unpaired) electrons. The molecule has 0 aliphatic rings. The molecule has 1 atom stereocenters. The molecule has 4 aromatic rings. The molecule has 29 heavy (non-hydrogen) atoms. The first-order valence-electron chi connectivity index (χ1n) is 9.33. The Hall–Kier alpha value is -3.13. The first-order chi connectivity index (χ1) is 13.9. The predicted molar refractivity (Wildman–Crippen MR) is 113 cm³/mol. The Balaban J connectivity index is 1.70. The van der Waals surface area contributed by atoms with Crippen molar-refractivity contribution in [3.8, 4) is 22.0 Å². The summed E-state index contributed by atoms with van der Waals surface area (Å²) in [7, 11) is 0. The van der Waals surface area contributed by atoms with Gasteiger partial charge in [0.2, 0.25) is 5.95 Å². The second-order valence-corrected chi connectivity index (χ2v) is 8.34. The lowest BCUT2D eigenvalue weighted by molar-refractivity contribution is 0.351. The molecular weight excluding hydrogens is 384 g/mol. The molecule has 0 aliphatic carbocycles. The van der Waals surface area contributed by atoms with E-state index in [9.17, 15) is 0 Å². The van der Waals surface area contributed by atoms with Crippen molar-refractivity contribution in [1.82, 2.24) is 25.1 Å². The van der Waals surface area contributed by atoms with E-state index in [4.69, 9.17) is 15.2 Å². The van der Waals surface area contributed by atoms with Gasteiger partial charge in [0.05, 0.1) is 5.41 Å². The summed E-state index contributed by atoms with van der Waals surface area (Å²) in [6.45, 7) is 8.40. The Bertz CT molecular complexity index is 1120. The van der Waals surface area contributed by atoms with Crippen LogP contribution in [0.25, 0.3) is 22.0 Å². The number of nitrogen functional groups attached to an aromatic ring is 1. The van der Waals surface area contributed by atoms with Gasteiger partial charge in [-0.2, -0.15) is 4.98 Å². The molecule has 1 aromatic carbocycles. The van der Waals surface area contributed by atoms with Crippen LogP contribution in [0.2, 0.25) is 0 Å². The van der Waals surface area contributed by atoms with Crippen LogP contribution in [0, 0.1) is 12.8 Å². The van der Waals surface area contributed by atoms with Crippen molar-refractivity contribution in [2.75, 3.05) is 5.73 Å². The summed E-state index contributed by atoms with van der Waals surface area (Å²) in [6, 6.07) is 8.29. The van der Waals surface area contributed by atoms with E-state index in [1.54, 1.807) is 12.4 Å². The molecule has 7 nitrogen and oxygen atoms in total. The third-order valence-corrected chi connectivity index (χ3v) is 6.29. The molecule has 0 saturated heterocycles. The second kappa shape index (κ2) is 7.36. The summed E-state index contributed by atoms with van der Waals surface area (Å²) in [4.78, 5) is 17.3. The molecule has 3 heterocycles. The van der Waals surface area contributed by atoms with Crippen molar-refractivity contribution in [1.29, 1.82) is 0 Å². The lowest BCUT2D eigenvalue weighted by Gasteiger charge is -2.31. The average molecular weight is 407 g/mol. The Morgan fingerprint density at radius 2 is 1.72 bits per heavy atom. The number of hydrogen-bond donors (Lipinski definition) is 1. The van der Waals surface area contributed by atoms with E-state index in [1.165, 1.54) is 11.3 Å². The summed E-state index contributed by atoms with van der Waals surface area (Å²) in [5.41, 5.74) is 9.15. The molecule has 148 valence electrons. The molecule has 8 heteroatoms. The van der Waals surface area contributed by atoms with Crippen LogP contribution >= 0.6 is 11.3 Å². The van der Waals surface area contributed by atoms with E-state index in [0.29, 0.717) is 11.7 Å². The number of aryl methyl sites for hydroxylation is 1. The van der Waals surface area contributed by atoms with Crippen molar-refractivity contribution < 1.29 is 4.52 Å². The quantitative estimate of drug-likeness (QED) is 0.520. The zero-order valence-electron chi connectivity index (χ0n) is 16.7. The van der Waals surface area contributed by atoms with Crippen molar-refractivity contribution in [2.24, 2.45) is 5.92 Å². The molecule has 0 bridgehead atoms. The zero-order valence-corrected chi connectivity index (χ0v) is 17.6. The average Bonchev–Trinajstić information content (AvgIpc) is 3.37. The van der Waals surface area contributed by atoms with E-state index in [-0.39, 0.29) is 11.9 Å². The van der Waals surface area contributed by atoms with Crippen LogP contribution in [0.15, 0.2) is 46.6 Å². The van der Waals surface area contributed by atoms with Crippen molar-refractivity contribution in [2.45, 2.75) is 33.1 Å². The van der Waals surface area contributed by atoms with E-state index in [1.807, 2.05) is 12.3 Å². The van der Waals surface area contributed by atoms with Gasteiger partial charge >= 0.3 is 0 Å². The largest absolute Gasteiger partial charge is 0.368 e. The maximum Gasteiger partial charge on any atom is 0.286 e. The highest BCUT2D eigenvalue weighted by Gasteiger charge is 2.37. The molecule has 1 unspecified atom stereocenters. The fraction of sp³-hybridized carbons (Fsp3) is 0.286. The Morgan fingerprint density at radius 1 is 1.03 bits per heavy atom. The van der Waals surface area contributed by atoms with Crippen molar-refractivity contribution >= 4 is 17.3 Å². The van der Waals surface area contributed by atoms with Crippen LogP contribution in [0.1, 0.15) is 37.9 Å². The fourth-order valence-electron chi connectivity index (χ4n) is 3.19. The zero-order chi connectivity index (χ0) is 20.6. The number of anilines is 1. The summed E-state index contributed by atoms with van der Waals surface area (Å²) >= 11 is 1.50.